The highest BCUT2D eigenvalue weighted by atomic mass is 16.5. The van der Waals surface area contributed by atoms with E-state index in [1.165, 1.54) is 40.9 Å². The molecule has 0 spiro atoms. The molecule has 1 saturated heterocycles. The number of carbonyl (C=O) groups excluding carboxylic acids is 1. The third-order valence-electron chi connectivity index (χ3n) is 6.96. The monoisotopic (exact) mass is 459 g/mol. The van der Waals surface area contributed by atoms with Crippen molar-refractivity contribution in [3.8, 4) is 0 Å². The van der Waals surface area contributed by atoms with Crippen molar-refractivity contribution in [3.63, 3.8) is 0 Å². The number of nitrogens with zero attached hydrogens (tertiary/aromatic N) is 3. The van der Waals surface area contributed by atoms with Crippen molar-refractivity contribution in [1.29, 1.82) is 0 Å². The highest BCUT2D eigenvalue weighted by Crippen LogP contribution is 2.32. The number of hydrogen-bond donors (Lipinski definition) is 0. The number of morpholine rings is 1. The number of benzene rings is 2. The summed E-state index contributed by atoms with van der Waals surface area (Å²) in [5.41, 5.74) is 6.54. The molecule has 0 atom stereocenters. The normalized spacial score (nSPS) is 17.3. The van der Waals surface area contributed by atoms with Crippen LogP contribution in [0, 0.1) is 0 Å². The van der Waals surface area contributed by atoms with Gasteiger partial charge in [0.2, 0.25) is 0 Å². The van der Waals surface area contributed by atoms with Crippen LogP contribution in [0.15, 0.2) is 54.6 Å². The minimum Gasteiger partial charge on any atom is -0.466 e. The highest BCUT2D eigenvalue weighted by molar-refractivity contribution is 5.91. The van der Waals surface area contributed by atoms with Crippen LogP contribution in [0.4, 0.5) is 0 Å². The molecule has 6 heteroatoms. The summed E-state index contributed by atoms with van der Waals surface area (Å²) in [5.74, 6) is -0.334. The van der Waals surface area contributed by atoms with E-state index in [4.69, 9.17) is 9.47 Å². The lowest BCUT2D eigenvalue weighted by Crippen LogP contribution is -2.38. The van der Waals surface area contributed by atoms with Crippen molar-refractivity contribution in [2.45, 2.75) is 26.1 Å². The summed E-state index contributed by atoms with van der Waals surface area (Å²) in [6.45, 7) is 8.66. The smallest absolute Gasteiger partial charge is 0.330 e. The van der Waals surface area contributed by atoms with Crippen molar-refractivity contribution in [2.24, 2.45) is 0 Å². The van der Waals surface area contributed by atoms with Gasteiger partial charge in [0, 0.05) is 74.9 Å². The number of hydrogen-bond acceptors (Lipinski definition) is 5. The first-order valence-corrected chi connectivity index (χ1v) is 12.2. The molecule has 178 valence electrons. The maximum absolute atomic E-state index is 11.6. The Hall–Kier alpha value is -2.93. The standard InChI is InChI=1S/C28H33N3O3/c1-33-28(32)10-8-22-7-9-26-24(19-22)25-21-30(20-23-5-3-2-4-6-23)12-11-27(25)31(26)14-13-29-15-17-34-18-16-29/h2-10,19H,11-18,20-21H2,1H3/b10-8+. The van der Waals surface area contributed by atoms with E-state index in [1.807, 2.05) is 6.08 Å². The molecule has 1 aromatic heterocycles. The van der Waals surface area contributed by atoms with Crippen LogP contribution in [0.1, 0.15) is 22.4 Å². The molecule has 2 aliphatic rings. The molecule has 0 aliphatic carbocycles. The van der Waals surface area contributed by atoms with Crippen molar-refractivity contribution in [3.05, 3.63) is 77.0 Å². The molecule has 3 aromatic rings. The summed E-state index contributed by atoms with van der Waals surface area (Å²) in [6.07, 6.45) is 4.38. The fourth-order valence-electron chi connectivity index (χ4n) is 5.16. The first kappa shape index (κ1) is 22.8. The van der Waals surface area contributed by atoms with E-state index in [1.54, 1.807) is 0 Å². The molecule has 0 radical (unpaired) electrons. The first-order chi connectivity index (χ1) is 16.7. The van der Waals surface area contributed by atoms with Crippen molar-refractivity contribution in [2.75, 3.05) is 46.5 Å². The van der Waals surface area contributed by atoms with Gasteiger partial charge in [0.05, 0.1) is 20.3 Å². The minimum atomic E-state index is -0.334. The Kier molecular flexibility index (Phi) is 7.09. The van der Waals surface area contributed by atoms with Gasteiger partial charge in [-0.05, 0) is 34.9 Å². The predicted octanol–water partition coefficient (Wildman–Crippen LogP) is 3.72. The number of fused-ring (bicyclic) bond motifs is 3. The second-order valence-corrected chi connectivity index (χ2v) is 9.11. The number of esters is 1. The summed E-state index contributed by atoms with van der Waals surface area (Å²) < 4.78 is 12.8. The van der Waals surface area contributed by atoms with Crippen LogP contribution in [0.25, 0.3) is 17.0 Å². The Morgan fingerprint density at radius 2 is 1.85 bits per heavy atom. The third kappa shape index (κ3) is 5.09. The van der Waals surface area contributed by atoms with Crippen LogP contribution in [-0.2, 0) is 40.3 Å². The average molecular weight is 460 g/mol. The van der Waals surface area contributed by atoms with Crippen molar-refractivity contribution < 1.29 is 14.3 Å². The number of rotatable bonds is 7. The molecule has 0 amide bonds. The Labute approximate surface area is 201 Å². The van der Waals surface area contributed by atoms with E-state index in [9.17, 15) is 4.79 Å². The van der Waals surface area contributed by atoms with Gasteiger partial charge in [-0.15, -0.1) is 0 Å². The summed E-state index contributed by atoms with van der Waals surface area (Å²) in [4.78, 5) is 16.6. The Balaban J connectivity index is 1.45. The molecule has 0 bridgehead atoms. The predicted molar refractivity (Wildman–Crippen MR) is 135 cm³/mol. The van der Waals surface area contributed by atoms with E-state index in [2.05, 4.69) is 62.9 Å². The highest BCUT2D eigenvalue weighted by Gasteiger charge is 2.24. The van der Waals surface area contributed by atoms with E-state index < -0.39 is 0 Å². The van der Waals surface area contributed by atoms with Gasteiger partial charge in [0.1, 0.15) is 0 Å². The van der Waals surface area contributed by atoms with Crippen molar-refractivity contribution >= 4 is 22.9 Å². The topological polar surface area (TPSA) is 46.9 Å². The van der Waals surface area contributed by atoms with Crippen LogP contribution in [0.3, 0.4) is 0 Å². The summed E-state index contributed by atoms with van der Waals surface area (Å²) >= 11 is 0. The van der Waals surface area contributed by atoms with Gasteiger partial charge < -0.3 is 14.0 Å². The van der Waals surface area contributed by atoms with Crippen LogP contribution in [0.5, 0.6) is 0 Å². The second-order valence-electron chi connectivity index (χ2n) is 9.11. The maximum atomic E-state index is 11.6. The molecular weight excluding hydrogens is 426 g/mol. The molecule has 3 heterocycles. The number of carbonyl (C=O) groups is 1. The summed E-state index contributed by atoms with van der Waals surface area (Å²) in [5, 5.41) is 1.29. The van der Waals surface area contributed by atoms with Gasteiger partial charge in [-0.2, -0.15) is 0 Å². The lowest BCUT2D eigenvalue weighted by atomic mass is 10.0. The summed E-state index contributed by atoms with van der Waals surface area (Å²) in [7, 11) is 1.40. The van der Waals surface area contributed by atoms with E-state index in [-0.39, 0.29) is 5.97 Å². The van der Waals surface area contributed by atoms with Gasteiger partial charge in [0.15, 0.2) is 0 Å². The van der Waals surface area contributed by atoms with Crippen LogP contribution in [0.2, 0.25) is 0 Å². The SMILES string of the molecule is COC(=O)/C=C/c1ccc2c(c1)c1c(n2CCN2CCOCC2)CCN(Cc2ccccc2)C1. The number of ether oxygens (including phenoxy) is 2. The lowest BCUT2D eigenvalue weighted by Gasteiger charge is -2.29. The van der Waals surface area contributed by atoms with Gasteiger partial charge in [0.25, 0.3) is 0 Å². The molecule has 0 saturated carbocycles. The van der Waals surface area contributed by atoms with E-state index >= 15 is 0 Å². The van der Waals surface area contributed by atoms with Gasteiger partial charge >= 0.3 is 5.97 Å². The number of methoxy groups -OCH3 is 1. The Bertz CT molecular complexity index is 1160. The fraction of sp³-hybridized carbons (Fsp3) is 0.393. The van der Waals surface area contributed by atoms with Crippen LogP contribution < -0.4 is 0 Å². The zero-order chi connectivity index (χ0) is 23.3. The summed E-state index contributed by atoms with van der Waals surface area (Å²) in [6, 6.07) is 17.2. The maximum Gasteiger partial charge on any atom is 0.330 e. The largest absolute Gasteiger partial charge is 0.466 e. The molecular formula is C28H33N3O3. The Morgan fingerprint density at radius 3 is 2.65 bits per heavy atom. The van der Waals surface area contributed by atoms with E-state index in [0.717, 1.165) is 71.0 Å². The van der Waals surface area contributed by atoms with Crippen molar-refractivity contribution in [1.82, 2.24) is 14.4 Å². The van der Waals surface area contributed by atoms with E-state index in [0.29, 0.717) is 0 Å². The first-order valence-electron chi connectivity index (χ1n) is 12.2. The van der Waals surface area contributed by atoms with Crippen LogP contribution in [-0.4, -0.2) is 66.8 Å². The molecule has 1 fully saturated rings. The number of aromatic nitrogens is 1. The molecule has 0 N–H and O–H groups in total. The lowest BCUT2D eigenvalue weighted by molar-refractivity contribution is -0.134. The second kappa shape index (κ2) is 10.6. The molecule has 6 nitrogen and oxygen atoms in total. The van der Waals surface area contributed by atoms with Gasteiger partial charge in [-0.25, -0.2) is 4.79 Å². The van der Waals surface area contributed by atoms with Gasteiger partial charge in [-0.1, -0.05) is 36.4 Å². The minimum absolute atomic E-state index is 0.334. The average Bonchev–Trinajstić information content (AvgIpc) is 3.19. The molecule has 2 aromatic carbocycles. The van der Waals surface area contributed by atoms with Crippen LogP contribution >= 0.6 is 0 Å². The zero-order valence-electron chi connectivity index (χ0n) is 19.9. The molecule has 2 aliphatic heterocycles. The third-order valence-corrected chi connectivity index (χ3v) is 6.96. The zero-order valence-corrected chi connectivity index (χ0v) is 19.9. The Morgan fingerprint density at radius 1 is 1.03 bits per heavy atom. The van der Waals surface area contributed by atoms with Gasteiger partial charge in [-0.3, -0.25) is 9.80 Å². The molecule has 34 heavy (non-hydrogen) atoms. The quantitative estimate of drug-likeness (QED) is 0.398. The fourth-order valence-corrected chi connectivity index (χ4v) is 5.16. The molecule has 0 unspecified atom stereocenters. The molecule has 5 rings (SSSR count).